The van der Waals surface area contributed by atoms with Crippen LogP contribution in [0.5, 0.6) is 0 Å². The zero-order chi connectivity index (χ0) is 20.1. The Morgan fingerprint density at radius 3 is 2.34 bits per heavy atom. The van der Waals surface area contributed by atoms with E-state index in [4.69, 9.17) is 9.97 Å². The van der Waals surface area contributed by atoms with Crippen LogP contribution in [-0.4, -0.2) is 47.2 Å². The van der Waals surface area contributed by atoms with Gasteiger partial charge in [-0.05, 0) is 25.5 Å². The average Bonchev–Trinajstić information content (AvgIpc) is 2.80. The topological polar surface area (TPSA) is 57.2 Å². The van der Waals surface area contributed by atoms with E-state index in [1.54, 1.807) is 0 Å². The van der Waals surface area contributed by atoms with Crippen LogP contribution in [0.25, 0.3) is 11.3 Å². The van der Waals surface area contributed by atoms with E-state index in [9.17, 15) is 0 Å². The molecule has 0 spiro atoms. The molecule has 1 unspecified atom stereocenters. The molecule has 0 radical (unpaired) electrons. The van der Waals surface area contributed by atoms with Crippen molar-refractivity contribution in [2.75, 3.05) is 41.3 Å². The minimum atomic E-state index is 0.363. The maximum Gasteiger partial charge on any atom is 0.227 e. The molecule has 1 fully saturated rings. The van der Waals surface area contributed by atoms with Gasteiger partial charge in [-0.2, -0.15) is 4.98 Å². The normalized spacial score (nSPS) is 15.2. The van der Waals surface area contributed by atoms with Crippen molar-refractivity contribution in [2.45, 2.75) is 26.3 Å². The largest absolute Gasteiger partial charge is 0.367 e. The van der Waals surface area contributed by atoms with Crippen molar-refractivity contribution in [3.63, 3.8) is 0 Å². The third-order valence-corrected chi connectivity index (χ3v) is 5.33. The van der Waals surface area contributed by atoms with Gasteiger partial charge in [0.05, 0.1) is 5.69 Å². The standard InChI is InChI=1S/C23H28N6/c1-3-18(2)25-21-17-20(19-9-5-4-6-10-19)26-23(27-21)29-15-13-28(14-16-29)22-11-7-8-12-24-22/h4-12,17-18H,3,13-16H2,1-2H3,(H,25,26,27). The van der Waals surface area contributed by atoms with E-state index in [-0.39, 0.29) is 0 Å². The van der Waals surface area contributed by atoms with E-state index in [0.29, 0.717) is 6.04 Å². The lowest BCUT2D eigenvalue weighted by Crippen LogP contribution is -2.47. The molecule has 150 valence electrons. The van der Waals surface area contributed by atoms with E-state index >= 15 is 0 Å². The van der Waals surface area contributed by atoms with Crippen LogP contribution < -0.4 is 15.1 Å². The highest BCUT2D eigenvalue weighted by Crippen LogP contribution is 2.24. The molecular weight excluding hydrogens is 360 g/mol. The number of nitrogens with one attached hydrogen (secondary N) is 1. The number of hydrogen-bond acceptors (Lipinski definition) is 6. The van der Waals surface area contributed by atoms with Gasteiger partial charge in [-0.3, -0.25) is 0 Å². The first-order chi connectivity index (χ1) is 14.2. The van der Waals surface area contributed by atoms with Crippen molar-refractivity contribution in [1.29, 1.82) is 0 Å². The minimum absolute atomic E-state index is 0.363. The van der Waals surface area contributed by atoms with Gasteiger partial charge in [0, 0.05) is 50.0 Å². The molecule has 0 saturated carbocycles. The van der Waals surface area contributed by atoms with Gasteiger partial charge in [-0.1, -0.05) is 43.3 Å². The van der Waals surface area contributed by atoms with Crippen molar-refractivity contribution < 1.29 is 0 Å². The second kappa shape index (κ2) is 8.90. The molecule has 6 heteroatoms. The van der Waals surface area contributed by atoms with Crippen molar-refractivity contribution in [2.24, 2.45) is 0 Å². The lowest BCUT2D eigenvalue weighted by Gasteiger charge is -2.35. The molecular formula is C23H28N6. The van der Waals surface area contributed by atoms with Gasteiger partial charge in [0.2, 0.25) is 5.95 Å². The van der Waals surface area contributed by atoms with Gasteiger partial charge >= 0.3 is 0 Å². The predicted octanol–water partition coefficient (Wildman–Crippen LogP) is 4.08. The van der Waals surface area contributed by atoms with E-state index in [1.165, 1.54) is 0 Å². The molecule has 1 aromatic carbocycles. The van der Waals surface area contributed by atoms with E-state index < -0.39 is 0 Å². The monoisotopic (exact) mass is 388 g/mol. The Morgan fingerprint density at radius 1 is 0.931 bits per heavy atom. The van der Waals surface area contributed by atoms with Crippen LogP contribution in [0.3, 0.4) is 0 Å². The summed E-state index contributed by atoms with van der Waals surface area (Å²) in [7, 11) is 0. The highest BCUT2D eigenvalue weighted by Gasteiger charge is 2.21. The zero-order valence-electron chi connectivity index (χ0n) is 17.1. The van der Waals surface area contributed by atoms with Gasteiger partial charge in [0.15, 0.2) is 0 Å². The molecule has 3 heterocycles. The molecule has 0 bridgehead atoms. The maximum absolute atomic E-state index is 4.90. The predicted molar refractivity (Wildman–Crippen MR) is 120 cm³/mol. The first kappa shape index (κ1) is 19.2. The Morgan fingerprint density at radius 2 is 1.66 bits per heavy atom. The molecule has 1 atom stereocenters. The zero-order valence-corrected chi connectivity index (χ0v) is 17.1. The van der Waals surface area contributed by atoms with Gasteiger partial charge in [0.25, 0.3) is 0 Å². The number of nitrogens with zero attached hydrogens (tertiary/aromatic N) is 5. The Balaban J connectivity index is 1.57. The SMILES string of the molecule is CCC(C)Nc1cc(-c2ccccc2)nc(N2CCN(c3ccccn3)CC2)n1. The average molecular weight is 389 g/mol. The van der Waals surface area contributed by atoms with Crippen LogP contribution in [0.15, 0.2) is 60.8 Å². The maximum atomic E-state index is 4.90. The summed E-state index contributed by atoms with van der Waals surface area (Å²) in [6.45, 7) is 7.91. The van der Waals surface area contributed by atoms with Gasteiger partial charge in [-0.15, -0.1) is 0 Å². The molecule has 4 rings (SSSR count). The highest BCUT2D eigenvalue weighted by atomic mass is 15.3. The first-order valence-corrected chi connectivity index (χ1v) is 10.3. The van der Waals surface area contributed by atoms with E-state index in [1.807, 2.05) is 36.5 Å². The molecule has 6 nitrogen and oxygen atoms in total. The molecule has 1 N–H and O–H groups in total. The summed E-state index contributed by atoms with van der Waals surface area (Å²) in [5.41, 5.74) is 2.06. The van der Waals surface area contributed by atoms with Gasteiger partial charge < -0.3 is 15.1 Å². The summed E-state index contributed by atoms with van der Waals surface area (Å²) in [6.07, 6.45) is 2.89. The van der Waals surface area contributed by atoms with Crippen LogP contribution in [0.4, 0.5) is 17.6 Å². The third-order valence-electron chi connectivity index (χ3n) is 5.33. The Bertz CT molecular complexity index is 907. The number of anilines is 3. The van der Waals surface area contributed by atoms with Gasteiger partial charge in [-0.25, -0.2) is 9.97 Å². The molecule has 29 heavy (non-hydrogen) atoms. The fraction of sp³-hybridized carbons (Fsp3) is 0.348. The van der Waals surface area contributed by atoms with Crippen molar-refractivity contribution in [3.05, 3.63) is 60.8 Å². The Kier molecular flexibility index (Phi) is 5.89. The minimum Gasteiger partial charge on any atom is -0.367 e. The molecule has 1 aliphatic rings. The Hall–Kier alpha value is -3.15. The Labute approximate surface area is 172 Å². The number of pyridine rings is 1. The van der Waals surface area contributed by atoms with Crippen molar-refractivity contribution in [1.82, 2.24) is 15.0 Å². The van der Waals surface area contributed by atoms with Gasteiger partial charge in [0.1, 0.15) is 11.6 Å². The van der Waals surface area contributed by atoms with Crippen LogP contribution in [-0.2, 0) is 0 Å². The van der Waals surface area contributed by atoms with E-state index in [2.05, 4.69) is 58.2 Å². The lowest BCUT2D eigenvalue weighted by molar-refractivity contribution is 0.634. The fourth-order valence-corrected chi connectivity index (χ4v) is 3.44. The van der Waals surface area contributed by atoms with Crippen molar-refractivity contribution >= 4 is 17.6 Å². The van der Waals surface area contributed by atoms with Crippen LogP contribution >= 0.6 is 0 Å². The first-order valence-electron chi connectivity index (χ1n) is 10.3. The molecule has 3 aromatic rings. The van der Waals surface area contributed by atoms with Crippen LogP contribution in [0, 0.1) is 0 Å². The third kappa shape index (κ3) is 4.65. The number of piperazine rings is 1. The molecule has 0 aliphatic carbocycles. The second-order valence-corrected chi connectivity index (χ2v) is 7.42. The second-order valence-electron chi connectivity index (χ2n) is 7.42. The number of rotatable bonds is 6. The number of hydrogen-bond donors (Lipinski definition) is 1. The highest BCUT2D eigenvalue weighted by molar-refractivity contribution is 5.64. The lowest BCUT2D eigenvalue weighted by atomic mass is 10.1. The van der Waals surface area contributed by atoms with Crippen molar-refractivity contribution in [3.8, 4) is 11.3 Å². The van der Waals surface area contributed by atoms with Crippen LogP contribution in [0.2, 0.25) is 0 Å². The number of aromatic nitrogens is 3. The summed E-state index contributed by atoms with van der Waals surface area (Å²) in [6, 6.07) is 18.8. The summed E-state index contributed by atoms with van der Waals surface area (Å²) in [5.74, 6) is 2.71. The number of benzene rings is 1. The summed E-state index contributed by atoms with van der Waals surface area (Å²) in [4.78, 5) is 18.8. The molecule has 0 amide bonds. The van der Waals surface area contributed by atoms with Crippen LogP contribution in [0.1, 0.15) is 20.3 Å². The van der Waals surface area contributed by atoms with E-state index in [0.717, 1.165) is 61.4 Å². The smallest absolute Gasteiger partial charge is 0.227 e. The fourth-order valence-electron chi connectivity index (χ4n) is 3.44. The molecule has 1 saturated heterocycles. The summed E-state index contributed by atoms with van der Waals surface area (Å²) >= 11 is 0. The molecule has 1 aliphatic heterocycles. The quantitative estimate of drug-likeness (QED) is 0.687. The summed E-state index contributed by atoms with van der Waals surface area (Å²) in [5, 5.41) is 3.52. The summed E-state index contributed by atoms with van der Waals surface area (Å²) < 4.78 is 0. The molecule has 2 aromatic heterocycles.